The molecule has 1 aliphatic rings. The lowest BCUT2D eigenvalue weighted by atomic mass is 10.1. The zero-order chi connectivity index (χ0) is 14.1. The Morgan fingerprint density at radius 1 is 1.45 bits per heavy atom. The van der Waals surface area contributed by atoms with E-state index in [2.05, 4.69) is 10.1 Å². The Hall–Kier alpha value is -2.37. The van der Waals surface area contributed by atoms with Gasteiger partial charge in [0.05, 0.1) is 12.2 Å². The van der Waals surface area contributed by atoms with Crippen molar-refractivity contribution in [1.82, 2.24) is 19.7 Å². The fraction of sp³-hybridized carbons (Fsp3) is 0.357. The highest BCUT2D eigenvalue weighted by Gasteiger charge is 2.31. The summed E-state index contributed by atoms with van der Waals surface area (Å²) in [6, 6.07) is 5.22. The zero-order valence-corrected chi connectivity index (χ0v) is 11.4. The number of carbonyl (C=O) groups excluding carboxylic acids is 1. The van der Waals surface area contributed by atoms with Crippen molar-refractivity contribution in [2.75, 3.05) is 12.3 Å². The van der Waals surface area contributed by atoms with E-state index in [0.29, 0.717) is 11.5 Å². The summed E-state index contributed by atoms with van der Waals surface area (Å²) in [6.45, 7) is 0.745. The molecular formula is C14H17N5O. The molecule has 2 aromatic heterocycles. The van der Waals surface area contributed by atoms with E-state index in [1.807, 2.05) is 24.3 Å². The van der Waals surface area contributed by atoms with Crippen LogP contribution in [0.5, 0.6) is 0 Å². The van der Waals surface area contributed by atoms with Crippen molar-refractivity contribution in [3.8, 4) is 0 Å². The lowest BCUT2D eigenvalue weighted by Crippen LogP contribution is -2.31. The number of hydrogen-bond acceptors (Lipinski definition) is 4. The molecule has 0 aliphatic carbocycles. The van der Waals surface area contributed by atoms with Gasteiger partial charge in [0.2, 0.25) is 0 Å². The standard InChI is InChI=1S/C14H17N5O/c1-18-9-10(8-16-18)12-5-3-7-19(12)14(20)11-4-2-6-13(15)17-11/h2,4,6,8-9,12H,3,5,7H2,1H3,(H2,15,17). The third kappa shape index (κ3) is 2.24. The monoisotopic (exact) mass is 271 g/mol. The largest absolute Gasteiger partial charge is 0.384 e. The molecular weight excluding hydrogens is 254 g/mol. The molecule has 6 heteroatoms. The van der Waals surface area contributed by atoms with E-state index in [0.717, 1.165) is 24.9 Å². The van der Waals surface area contributed by atoms with Crippen LogP contribution in [0.1, 0.15) is 34.9 Å². The van der Waals surface area contributed by atoms with Gasteiger partial charge in [-0.25, -0.2) is 4.98 Å². The second kappa shape index (κ2) is 4.96. The highest BCUT2D eigenvalue weighted by atomic mass is 16.2. The minimum Gasteiger partial charge on any atom is -0.384 e. The summed E-state index contributed by atoms with van der Waals surface area (Å²) in [4.78, 5) is 18.5. The Balaban J connectivity index is 1.87. The maximum Gasteiger partial charge on any atom is 0.273 e. The molecule has 3 rings (SSSR count). The van der Waals surface area contributed by atoms with Crippen LogP contribution in [0.2, 0.25) is 0 Å². The Morgan fingerprint density at radius 3 is 3.00 bits per heavy atom. The maximum atomic E-state index is 12.6. The van der Waals surface area contributed by atoms with Crippen LogP contribution in [0.4, 0.5) is 5.82 Å². The number of likely N-dealkylation sites (tertiary alicyclic amines) is 1. The van der Waals surface area contributed by atoms with E-state index in [1.54, 1.807) is 22.9 Å². The van der Waals surface area contributed by atoms with E-state index in [1.165, 1.54) is 0 Å². The quantitative estimate of drug-likeness (QED) is 0.895. The molecule has 20 heavy (non-hydrogen) atoms. The van der Waals surface area contributed by atoms with Crippen LogP contribution >= 0.6 is 0 Å². The molecule has 0 radical (unpaired) electrons. The first-order valence-electron chi connectivity index (χ1n) is 6.67. The maximum absolute atomic E-state index is 12.6. The Morgan fingerprint density at radius 2 is 2.30 bits per heavy atom. The van der Waals surface area contributed by atoms with E-state index >= 15 is 0 Å². The third-order valence-electron chi connectivity index (χ3n) is 3.61. The molecule has 3 heterocycles. The van der Waals surface area contributed by atoms with Crippen molar-refractivity contribution in [2.24, 2.45) is 7.05 Å². The summed E-state index contributed by atoms with van der Waals surface area (Å²) >= 11 is 0. The predicted octanol–water partition coefficient (Wildman–Crippen LogP) is 1.37. The lowest BCUT2D eigenvalue weighted by Gasteiger charge is -2.23. The molecule has 2 aromatic rings. The molecule has 1 aliphatic heterocycles. The summed E-state index contributed by atoms with van der Waals surface area (Å²) in [5.74, 6) is 0.302. The van der Waals surface area contributed by atoms with Crippen molar-refractivity contribution < 1.29 is 4.79 Å². The highest BCUT2D eigenvalue weighted by Crippen LogP contribution is 2.32. The fourth-order valence-electron chi connectivity index (χ4n) is 2.69. The van der Waals surface area contributed by atoms with Crippen molar-refractivity contribution in [3.63, 3.8) is 0 Å². The number of anilines is 1. The number of nitrogens with zero attached hydrogens (tertiary/aromatic N) is 4. The van der Waals surface area contributed by atoms with Gasteiger partial charge < -0.3 is 10.6 Å². The predicted molar refractivity (Wildman–Crippen MR) is 74.9 cm³/mol. The number of nitrogen functional groups attached to an aromatic ring is 1. The lowest BCUT2D eigenvalue weighted by molar-refractivity contribution is 0.0730. The Kier molecular flexibility index (Phi) is 3.14. The minimum absolute atomic E-state index is 0.0661. The van der Waals surface area contributed by atoms with E-state index < -0.39 is 0 Å². The van der Waals surface area contributed by atoms with Gasteiger partial charge in [0.25, 0.3) is 5.91 Å². The normalized spacial score (nSPS) is 18.4. The van der Waals surface area contributed by atoms with Crippen LogP contribution in [0.25, 0.3) is 0 Å². The summed E-state index contributed by atoms with van der Waals surface area (Å²) in [5, 5.41) is 4.18. The first kappa shape index (κ1) is 12.7. The third-order valence-corrected chi connectivity index (χ3v) is 3.61. The minimum atomic E-state index is -0.0661. The van der Waals surface area contributed by atoms with Gasteiger partial charge in [-0.1, -0.05) is 6.07 Å². The van der Waals surface area contributed by atoms with E-state index in [9.17, 15) is 4.79 Å². The van der Waals surface area contributed by atoms with Crippen molar-refractivity contribution in [2.45, 2.75) is 18.9 Å². The van der Waals surface area contributed by atoms with Crippen LogP contribution < -0.4 is 5.73 Å². The molecule has 0 saturated carbocycles. The molecule has 1 amide bonds. The fourth-order valence-corrected chi connectivity index (χ4v) is 2.69. The second-order valence-electron chi connectivity index (χ2n) is 5.05. The molecule has 2 N–H and O–H groups in total. The molecule has 0 aromatic carbocycles. The summed E-state index contributed by atoms with van der Waals surface area (Å²) in [7, 11) is 1.88. The second-order valence-corrected chi connectivity index (χ2v) is 5.05. The van der Waals surface area contributed by atoms with Crippen LogP contribution in [-0.4, -0.2) is 32.1 Å². The average Bonchev–Trinajstić information content (AvgIpc) is 3.06. The van der Waals surface area contributed by atoms with Crippen LogP contribution in [-0.2, 0) is 7.05 Å². The number of carbonyl (C=O) groups is 1. The van der Waals surface area contributed by atoms with Gasteiger partial charge in [-0.05, 0) is 25.0 Å². The van der Waals surface area contributed by atoms with E-state index in [-0.39, 0.29) is 11.9 Å². The highest BCUT2D eigenvalue weighted by molar-refractivity contribution is 5.93. The van der Waals surface area contributed by atoms with Gasteiger partial charge in [0.1, 0.15) is 11.5 Å². The van der Waals surface area contributed by atoms with Crippen molar-refractivity contribution >= 4 is 11.7 Å². The number of amides is 1. The number of hydrogen-bond donors (Lipinski definition) is 1. The molecule has 104 valence electrons. The van der Waals surface area contributed by atoms with Crippen molar-refractivity contribution in [3.05, 3.63) is 41.9 Å². The van der Waals surface area contributed by atoms with E-state index in [4.69, 9.17) is 5.73 Å². The van der Waals surface area contributed by atoms with Gasteiger partial charge in [-0.2, -0.15) is 5.10 Å². The van der Waals surface area contributed by atoms with Gasteiger partial charge in [0, 0.05) is 25.4 Å². The summed E-state index contributed by atoms with van der Waals surface area (Å²) in [6.07, 6.45) is 5.74. The molecule has 6 nitrogen and oxygen atoms in total. The molecule has 1 unspecified atom stereocenters. The number of pyridine rings is 1. The van der Waals surface area contributed by atoms with Crippen LogP contribution in [0.15, 0.2) is 30.6 Å². The van der Waals surface area contributed by atoms with Crippen LogP contribution in [0, 0.1) is 0 Å². The molecule has 1 atom stereocenters. The smallest absolute Gasteiger partial charge is 0.273 e. The van der Waals surface area contributed by atoms with Crippen molar-refractivity contribution in [1.29, 1.82) is 0 Å². The Labute approximate surface area is 117 Å². The molecule has 0 bridgehead atoms. The van der Waals surface area contributed by atoms with Gasteiger partial charge in [-0.15, -0.1) is 0 Å². The molecule has 0 spiro atoms. The molecule has 1 saturated heterocycles. The number of nitrogens with two attached hydrogens (primary N) is 1. The number of rotatable bonds is 2. The van der Waals surface area contributed by atoms with Crippen LogP contribution in [0.3, 0.4) is 0 Å². The van der Waals surface area contributed by atoms with Gasteiger partial charge >= 0.3 is 0 Å². The number of aromatic nitrogens is 3. The first-order chi connectivity index (χ1) is 9.65. The topological polar surface area (TPSA) is 77.0 Å². The SMILES string of the molecule is Cn1cc(C2CCCN2C(=O)c2cccc(N)n2)cn1. The van der Waals surface area contributed by atoms with Gasteiger partial charge in [-0.3, -0.25) is 9.48 Å². The first-order valence-corrected chi connectivity index (χ1v) is 6.67. The Bertz CT molecular complexity index is 636. The summed E-state index contributed by atoms with van der Waals surface area (Å²) in [5.41, 5.74) is 7.12. The van der Waals surface area contributed by atoms with Gasteiger partial charge in [0.15, 0.2) is 0 Å². The average molecular weight is 271 g/mol. The number of aryl methyl sites for hydroxylation is 1. The summed E-state index contributed by atoms with van der Waals surface area (Å²) < 4.78 is 1.76. The zero-order valence-electron chi connectivity index (χ0n) is 11.4. The molecule has 1 fully saturated rings.